The molecule has 9 heteroatoms. The molecule has 0 unspecified atom stereocenters. The lowest BCUT2D eigenvalue weighted by Gasteiger charge is -2.33. The summed E-state index contributed by atoms with van der Waals surface area (Å²) in [7, 11) is -1.74. The lowest BCUT2D eigenvalue weighted by molar-refractivity contribution is -0.116. The van der Waals surface area contributed by atoms with Gasteiger partial charge in [-0.2, -0.15) is 4.31 Å². The van der Waals surface area contributed by atoms with Gasteiger partial charge >= 0.3 is 0 Å². The maximum atomic E-state index is 12.9. The highest BCUT2D eigenvalue weighted by Gasteiger charge is 2.32. The van der Waals surface area contributed by atoms with Crippen LogP contribution in [-0.2, 0) is 14.8 Å². The smallest absolute Gasteiger partial charge is 0.244 e. The Balaban J connectivity index is 1.99. The summed E-state index contributed by atoms with van der Waals surface area (Å²) in [6.45, 7) is 4.40. The first-order chi connectivity index (χ1) is 11.3. The van der Waals surface area contributed by atoms with E-state index in [4.69, 9.17) is 16.3 Å². The molecule has 1 saturated heterocycles. The molecular weight excluding hydrogens is 354 g/mol. The Morgan fingerprint density at radius 1 is 1.17 bits per heavy atom. The summed E-state index contributed by atoms with van der Waals surface area (Å²) in [5, 5.41) is 0.101. The molecule has 3 rings (SSSR count). The van der Waals surface area contributed by atoms with Crippen molar-refractivity contribution < 1.29 is 17.9 Å². The van der Waals surface area contributed by atoms with Crippen LogP contribution in [0.3, 0.4) is 0 Å². The molecule has 0 atom stereocenters. The van der Waals surface area contributed by atoms with Crippen molar-refractivity contribution >= 4 is 33.2 Å². The van der Waals surface area contributed by atoms with E-state index in [1.54, 1.807) is 0 Å². The monoisotopic (exact) mass is 373 g/mol. The molecule has 7 nitrogen and oxygen atoms in total. The van der Waals surface area contributed by atoms with Crippen LogP contribution < -0.4 is 9.64 Å². The molecule has 0 saturated carbocycles. The van der Waals surface area contributed by atoms with E-state index < -0.39 is 10.0 Å². The number of fused-ring (bicyclic) bond motifs is 1. The number of anilines is 1. The lowest BCUT2D eigenvalue weighted by Crippen LogP contribution is -2.47. The Morgan fingerprint density at radius 2 is 1.83 bits per heavy atom. The number of likely N-dealkylation sites (N-methyl/N-ethyl adjacent to an activating group) is 1. The summed E-state index contributed by atoms with van der Waals surface area (Å²) in [5.74, 6) is 0.235. The van der Waals surface area contributed by atoms with Crippen LogP contribution >= 0.6 is 11.6 Å². The van der Waals surface area contributed by atoms with Crippen LogP contribution in [0.4, 0.5) is 5.69 Å². The molecule has 2 heterocycles. The van der Waals surface area contributed by atoms with Crippen molar-refractivity contribution in [2.75, 3.05) is 51.3 Å². The highest BCUT2D eigenvalue weighted by molar-refractivity contribution is 7.89. The second-order valence-electron chi connectivity index (χ2n) is 5.98. The van der Waals surface area contributed by atoms with E-state index in [0.717, 1.165) is 0 Å². The zero-order chi connectivity index (χ0) is 17.5. The number of benzene rings is 1. The number of ether oxygens (including phenoxy) is 1. The number of rotatable bonds is 2. The van der Waals surface area contributed by atoms with Gasteiger partial charge in [0.05, 0.1) is 17.3 Å². The van der Waals surface area contributed by atoms with E-state index in [1.807, 2.05) is 7.05 Å². The van der Waals surface area contributed by atoms with Gasteiger partial charge in [-0.15, -0.1) is 0 Å². The van der Waals surface area contributed by atoms with Gasteiger partial charge in [-0.3, -0.25) is 4.79 Å². The van der Waals surface area contributed by atoms with Gasteiger partial charge < -0.3 is 14.5 Å². The zero-order valence-electron chi connectivity index (χ0n) is 13.7. The molecular formula is C15H20ClN3O4S. The van der Waals surface area contributed by atoms with Crippen LogP contribution in [0.5, 0.6) is 5.75 Å². The third-order valence-corrected chi connectivity index (χ3v) is 6.70. The van der Waals surface area contributed by atoms with Crippen LogP contribution in [0, 0.1) is 0 Å². The molecule has 0 aliphatic carbocycles. The molecule has 0 bridgehead atoms. The van der Waals surface area contributed by atoms with E-state index in [2.05, 4.69) is 4.90 Å². The number of hydrogen-bond acceptors (Lipinski definition) is 5. The highest BCUT2D eigenvalue weighted by Crippen LogP contribution is 2.39. The van der Waals surface area contributed by atoms with Gasteiger partial charge in [0.2, 0.25) is 15.9 Å². The molecule has 0 radical (unpaired) electrons. The van der Waals surface area contributed by atoms with Gasteiger partial charge in [0.15, 0.2) is 0 Å². The number of halogens is 1. The van der Waals surface area contributed by atoms with Crippen molar-refractivity contribution in [3.63, 3.8) is 0 Å². The highest BCUT2D eigenvalue weighted by atomic mass is 35.5. The van der Waals surface area contributed by atoms with Gasteiger partial charge in [-0.25, -0.2) is 8.42 Å². The van der Waals surface area contributed by atoms with Crippen LogP contribution in [0.1, 0.15) is 6.92 Å². The second-order valence-corrected chi connectivity index (χ2v) is 8.29. The molecule has 0 spiro atoms. The Morgan fingerprint density at radius 3 is 2.46 bits per heavy atom. The van der Waals surface area contributed by atoms with Gasteiger partial charge in [-0.05, 0) is 13.1 Å². The third-order valence-electron chi connectivity index (χ3n) is 4.34. The Hall–Kier alpha value is -1.35. The minimum absolute atomic E-state index is 0.0258. The predicted molar refractivity (Wildman–Crippen MR) is 91.2 cm³/mol. The summed E-state index contributed by atoms with van der Waals surface area (Å²) < 4.78 is 32.8. The van der Waals surface area contributed by atoms with Gasteiger partial charge in [0, 0.05) is 39.2 Å². The van der Waals surface area contributed by atoms with Gasteiger partial charge in [0.25, 0.3) is 0 Å². The maximum absolute atomic E-state index is 12.9. The van der Waals surface area contributed by atoms with Crippen LogP contribution in [0.2, 0.25) is 5.02 Å². The number of piperazine rings is 1. The lowest BCUT2D eigenvalue weighted by atomic mass is 10.2. The fourth-order valence-corrected chi connectivity index (χ4v) is 4.84. The molecule has 132 valence electrons. The topological polar surface area (TPSA) is 70.2 Å². The Labute approximate surface area is 146 Å². The SMILES string of the molecule is CC(=O)N1CCOc2cc(S(=O)(=O)N3CCN(C)CC3)c(Cl)cc21. The second kappa shape index (κ2) is 6.51. The predicted octanol–water partition coefficient (Wildman–Crippen LogP) is 1.02. The first-order valence-electron chi connectivity index (χ1n) is 7.74. The van der Waals surface area contributed by atoms with Crippen LogP contribution in [0.25, 0.3) is 0 Å². The largest absolute Gasteiger partial charge is 0.489 e. The van der Waals surface area contributed by atoms with Crippen molar-refractivity contribution in [2.24, 2.45) is 0 Å². The zero-order valence-corrected chi connectivity index (χ0v) is 15.2. The van der Waals surface area contributed by atoms with E-state index in [0.29, 0.717) is 50.8 Å². The van der Waals surface area contributed by atoms with Crippen molar-refractivity contribution in [3.8, 4) is 5.75 Å². The molecule has 1 amide bonds. The van der Waals surface area contributed by atoms with Gasteiger partial charge in [0.1, 0.15) is 17.3 Å². The molecule has 1 aromatic rings. The number of hydrogen-bond donors (Lipinski definition) is 0. The maximum Gasteiger partial charge on any atom is 0.244 e. The third kappa shape index (κ3) is 3.11. The number of sulfonamides is 1. The van der Waals surface area contributed by atoms with Crippen molar-refractivity contribution in [2.45, 2.75) is 11.8 Å². The molecule has 2 aliphatic heterocycles. The van der Waals surface area contributed by atoms with E-state index in [-0.39, 0.29) is 15.8 Å². The minimum Gasteiger partial charge on any atom is -0.489 e. The van der Waals surface area contributed by atoms with E-state index in [9.17, 15) is 13.2 Å². The molecule has 1 aromatic carbocycles. The molecule has 2 aliphatic rings. The first-order valence-corrected chi connectivity index (χ1v) is 9.55. The van der Waals surface area contributed by atoms with Crippen LogP contribution in [0.15, 0.2) is 17.0 Å². The number of carbonyl (C=O) groups excluding carboxylic acids is 1. The summed E-state index contributed by atoms with van der Waals surface area (Å²) >= 11 is 6.25. The fourth-order valence-electron chi connectivity index (χ4n) is 2.91. The number of amides is 1. The van der Waals surface area contributed by atoms with Crippen molar-refractivity contribution in [1.82, 2.24) is 9.21 Å². The summed E-state index contributed by atoms with van der Waals surface area (Å²) in [6, 6.07) is 2.93. The Kier molecular flexibility index (Phi) is 4.74. The quantitative estimate of drug-likeness (QED) is 0.774. The summed E-state index contributed by atoms with van der Waals surface area (Å²) in [5.41, 5.74) is 0.510. The van der Waals surface area contributed by atoms with Crippen molar-refractivity contribution in [1.29, 1.82) is 0 Å². The fraction of sp³-hybridized carbons (Fsp3) is 0.533. The molecule has 0 aromatic heterocycles. The van der Waals surface area contributed by atoms with Crippen LogP contribution in [-0.4, -0.2) is 69.9 Å². The molecule has 24 heavy (non-hydrogen) atoms. The standard InChI is InChI=1S/C15H20ClN3O4S/c1-11(20)19-7-8-23-14-10-15(12(16)9-13(14)19)24(21,22)18-5-3-17(2)4-6-18/h9-10H,3-8H2,1-2H3. The minimum atomic E-state index is -3.70. The normalized spacial score (nSPS) is 19.7. The number of carbonyl (C=O) groups is 1. The van der Waals surface area contributed by atoms with E-state index >= 15 is 0 Å². The van der Waals surface area contributed by atoms with Gasteiger partial charge in [-0.1, -0.05) is 11.6 Å². The van der Waals surface area contributed by atoms with Crippen molar-refractivity contribution in [3.05, 3.63) is 17.2 Å². The average molecular weight is 374 g/mol. The molecule has 1 fully saturated rings. The summed E-state index contributed by atoms with van der Waals surface area (Å²) in [4.78, 5) is 15.4. The Bertz CT molecular complexity index is 760. The summed E-state index contributed by atoms with van der Waals surface area (Å²) in [6.07, 6.45) is 0. The average Bonchev–Trinajstić information content (AvgIpc) is 2.53. The molecule has 0 N–H and O–H groups in total. The van der Waals surface area contributed by atoms with E-state index in [1.165, 1.54) is 28.3 Å². The number of nitrogens with zero attached hydrogens (tertiary/aromatic N) is 3. The first kappa shape index (κ1) is 17.5.